The lowest BCUT2D eigenvalue weighted by atomic mass is 11.0. The number of carbonyl (C=O) groups excluding carboxylic acids is 1. The summed E-state index contributed by atoms with van der Waals surface area (Å²) in [7, 11) is 1.72. The van der Waals surface area contributed by atoms with Gasteiger partial charge in [-0.05, 0) is 0 Å². The molecule has 0 aliphatic carbocycles. The van der Waals surface area contributed by atoms with Crippen LogP contribution in [-0.2, 0) is 13.3 Å². The van der Waals surface area contributed by atoms with Gasteiger partial charge < -0.3 is 18.6 Å². The zero-order valence-corrected chi connectivity index (χ0v) is 8.84. The molecule has 72 valence electrons. The highest BCUT2D eigenvalue weighted by atomic mass is 28.4. The molecule has 0 unspecified atom stereocenters. The minimum absolute atomic E-state index is 0.521. The molecular weight excluding hydrogens is 178 g/mol. The Hall–Kier alpha value is -0.593. The van der Waals surface area contributed by atoms with Crippen LogP contribution < -0.4 is 5.32 Å². The van der Waals surface area contributed by atoms with E-state index in [1.54, 1.807) is 0 Å². The third-order valence-electron chi connectivity index (χ3n) is 1.51. The van der Waals surface area contributed by atoms with Gasteiger partial charge in [0.05, 0.1) is 0 Å². The van der Waals surface area contributed by atoms with Gasteiger partial charge in [0.25, 0.3) is 0 Å². The normalized spacial score (nSPS) is 11.0. The molecule has 1 amide bonds. The first-order valence-corrected chi connectivity index (χ1v) is 5.58. The first-order valence-electron chi connectivity index (χ1n) is 3.65. The van der Waals surface area contributed by atoms with Gasteiger partial charge in [-0.1, -0.05) is 6.92 Å². The maximum Gasteiger partial charge on any atom is 0.568 e. The van der Waals surface area contributed by atoms with Crippen molar-refractivity contribution in [2.45, 2.75) is 13.0 Å². The van der Waals surface area contributed by atoms with E-state index >= 15 is 0 Å². The summed E-state index contributed by atoms with van der Waals surface area (Å²) in [5.74, 6) is 0. The molecule has 6 heteroatoms. The third kappa shape index (κ3) is 2.80. The molecule has 0 aliphatic heterocycles. The molecule has 0 saturated heterocycles. The molecule has 0 saturated carbocycles. The zero-order valence-electron chi connectivity index (χ0n) is 7.84. The average Bonchev–Trinajstić information content (AvgIpc) is 2.14. The molecule has 1 N–H and O–H groups in total. The Morgan fingerprint density at radius 2 is 1.92 bits per heavy atom. The molecule has 5 nitrogen and oxygen atoms in total. The average molecular weight is 193 g/mol. The first-order chi connectivity index (χ1) is 5.64. The molecule has 0 rings (SSSR count). The quantitative estimate of drug-likeness (QED) is 0.664. The fraction of sp³-hybridized carbons (Fsp3) is 0.833. The predicted octanol–water partition coefficient (Wildman–Crippen LogP) is 0.594. The predicted molar refractivity (Wildman–Crippen MR) is 45.8 cm³/mol. The second kappa shape index (κ2) is 5.12. The van der Waals surface area contributed by atoms with Crippen LogP contribution in [-0.4, -0.2) is 36.2 Å². The molecule has 0 heterocycles. The molecule has 0 aromatic heterocycles. The van der Waals surface area contributed by atoms with Crippen molar-refractivity contribution in [3.8, 4) is 0 Å². The Morgan fingerprint density at radius 3 is 2.17 bits per heavy atom. The molecule has 0 atom stereocenters. The van der Waals surface area contributed by atoms with Gasteiger partial charge in [-0.25, -0.2) is 4.79 Å². The van der Waals surface area contributed by atoms with Crippen LogP contribution in [0.3, 0.4) is 0 Å². The van der Waals surface area contributed by atoms with Crippen LogP contribution >= 0.6 is 0 Å². The Labute approximate surface area is 73.4 Å². The summed E-state index contributed by atoms with van der Waals surface area (Å²) >= 11 is 0. The van der Waals surface area contributed by atoms with Gasteiger partial charge in [0.15, 0.2) is 0 Å². The summed E-state index contributed by atoms with van der Waals surface area (Å²) in [5.41, 5.74) is 0. The Morgan fingerprint density at radius 1 is 1.42 bits per heavy atom. The van der Waals surface area contributed by atoms with Crippen molar-refractivity contribution in [3.05, 3.63) is 0 Å². The summed E-state index contributed by atoms with van der Waals surface area (Å²) < 4.78 is 15.1. The van der Waals surface area contributed by atoms with E-state index in [1.165, 1.54) is 21.3 Å². The van der Waals surface area contributed by atoms with E-state index in [-0.39, 0.29) is 0 Å². The van der Waals surface area contributed by atoms with Crippen molar-refractivity contribution in [1.29, 1.82) is 0 Å². The van der Waals surface area contributed by atoms with E-state index < -0.39 is 14.9 Å². The lowest BCUT2D eigenvalue weighted by Gasteiger charge is -2.23. The number of hydrogen-bond acceptors (Lipinski definition) is 4. The van der Waals surface area contributed by atoms with Crippen molar-refractivity contribution in [2.24, 2.45) is 0 Å². The van der Waals surface area contributed by atoms with Crippen LogP contribution in [0.1, 0.15) is 6.92 Å². The summed E-state index contributed by atoms with van der Waals surface area (Å²) in [6, 6.07) is 0.563. The van der Waals surface area contributed by atoms with E-state index in [0.717, 1.165) is 0 Å². The van der Waals surface area contributed by atoms with E-state index in [2.05, 4.69) is 5.32 Å². The highest BCUT2D eigenvalue weighted by Gasteiger charge is 2.40. The summed E-state index contributed by atoms with van der Waals surface area (Å²) in [4.78, 5) is 10.8. The summed E-state index contributed by atoms with van der Waals surface area (Å²) in [5, 5.41) is 2.34. The second-order valence-electron chi connectivity index (χ2n) is 2.08. The van der Waals surface area contributed by atoms with E-state index in [0.29, 0.717) is 6.04 Å². The van der Waals surface area contributed by atoms with Crippen LogP contribution in [0.25, 0.3) is 0 Å². The summed E-state index contributed by atoms with van der Waals surface area (Å²) in [6.07, 6.45) is -0.521. The molecule has 0 aromatic rings. The lowest BCUT2D eigenvalue weighted by molar-refractivity contribution is 0.118. The molecule has 0 aliphatic rings. The van der Waals surface area contributed by atoms with Gasteiger partial charge in [-0.2, -0.15) is 0 Å². The second-order valence-corrected chi connectivity index (χ2v) is 5.18. The molecule has 0 bridgehead atoms. The van der Waals surface area contributed by atoms with E-state index in [1.807, 2.05) is 6.92 Å². The zero-order chi connectivity index (χ0) is 9.61. The Bertz CT molecular complexity index is 140. The van der Waals surface area contributed by atoms with Gasteiger partial charge in [0.2, 0.25) is 0 Å². The molecule has 0 spiro atoms. The van der Waals surface area contributed by atoms with Gasteiger partial charge in [-0.3, -0.25) is 0 Å². The van der Waals surface area contributed by atoms with Crippen molar-refractivity contribution in [3.63, 3.8) is 0 Å². The monoisotopic (exact) mass is 193 g/mol. The van der Waals surface area contributed by atoms with Crippen LogP contribution in [0.2, 0.25) is 6.04 Å². The molecule has 12 heavy (non-hydrogen) atoms. The van der Waals surface area contributed by atoms with Gasteiger partial charge >= 0.3 is 14.9 Å². The first kappa shape index (κ1) is 11.4. The van der Waals surface area contributed by atoms with E-state index in [4.69, 9.17) is 13.3 Å². The van der Waals surface area contributed by atoms with Gasteiger partial charge in [0, 0.05) is 27.3 Å². The number of rotatable bonds is 4. The Kier molecular flexibility index (Phi) is 4.87. The van der Waals surface area contributed by atoms with Crippen LogP contribution in [0.4, 0.5) is 4.79 Å². The minimum atomic E-state index is -2.71. The SMILES string of the molecule is CC[Si](OC)(OC)OC(=O)NC. The van der Waals surface area contributed by atoms with Gasteiger partial charge in [0.1, 0.15) is 0 Å². The number of carbonyl (C=O) groups is 1. The minimum Gasteiger partial charge on any atom is -0.456 e. The molecular formula is C6H15NO4Si. The lowest BCUT2D eigenvalue weighted by Crippen LogP contribution is -2.46. The fourth-order valence-electron chi connectivity index (χ4n) is 0.720. The molecule has 0 aromatic carbocycles. The smallest absolute Gasteiger partial charge is 0.456 e. The maximum absolute atomic E-state index is 10.8. The number of hydrogen-bond donors (Lipinski definition) is 1. The number of amides is 1. The Balaban J connectivity index is 4.19. The highest BCUT2D eigenvalue weighted by Crippen LogP contribution is 2.12. The van der Waals surface area contributed by atoms with Crippen LogP contribution in [0, 0.1) is 0 Å². The molecule has 0 fully saturated rings. The third-order valence-corrected chi connectivity index (χ3v) is 4.11. The molecule has 0 radical (unpaired) electrons. The van der Waals surface area contributed by atoms with Crippen molar-refractivity contribution >= 4 is 14.9 Å². The van der Waals surface area contributed by atoms with Crippen molar-refractivity contribution in [1.82, 2.24) is 5.32 Å². The van der Waals surface area contributed by atoms with Crippen molar-refractivity contribution < 1.29 is 18.1 Å². The maximum atomic E-state index is 10.8. The number of nitrogens with one attached hydrogen (secondary N) is 1. The van der Waals surface area contributed by atoms with Crippen LogP contribution in [0.15, 0.2) is 0 Å². The van der Waals surface area contributed by atoms with Gasteiger partial charge in [-0.15, -0.1) is 0 Å². The highest BCUT2D eigenvalue weighted by molar-refractivity contribution is 6.62. The topological polar surface area (TPSA) is 56.8 Å². The largest absolute Gasteiger partial charge is 0.568 e. The van der Waals surface area contributed by atoms with Crippen LogP contribution in [0.5, 0.6) is 0 Å². The van der Waals surface area contributed by atoms with E-state index in [9.17, 15) is 4.79 Å². The summed E-state index contributed by atoms with van der Waals surface area (Å²) in [6.45, 7) is 1.85. The van der Waals surface area contributed by atoms with Crippen molar-refractivity contribution in [2.75, 3.05) is 21.3 Å². The fourth-order valence-corrected chi connectivity index (χ4v) is 2.16. The standard InChI is InChI=1S/C6H15NO4Si/c1-5-12(9-3,10-4)11-6(8)7-2/h5H2,1-4H3,(H,7,8).